The van der Waals surface area contributed by atoms with Gasteiger partial charge in [0.05, 0.1) is 6.61 Å². The number of hydrogen-bond acceptors (Lipinski definition) is 3. The van der Waals surface area contributed by atoms with Crippen molar-refractivity contribution >= 4 is 18.3 Å². The summed E-state index contributed by atoms with van der Waals surface area (Å²) in [5.74, 6) is 0.137. The number of hydroxylamine groups is 1. The second kappa shape index (κ2) is 7.04. The predicted molar refractivity (Wildman–Crippen MR) is 57.2 cm³/mol. The Balaban J connectivity index is 0.00000169. The summed E-state index contributed by atoms with van der Waals surface area (Å²) in [5.41, 5.74) is 2.46. The first-order chi connectivity index (χ1) is 6.24. The Morgan fingerprint density at radius 3 is 2.93 bits per heavy atom. The van der Waals surface area contributed by atoms with Crippen molar-refractivity contribution in [3.8, 4) is 0 Å². The lowest BCUT2D eigenvalue weighted by molar-refractivity contribution is -0.138. The van der Waals surface area contributed by atoms with Crippen LogP contribution in [-0.2, 0) is 9.63 Å². The van der Waals surface area contributed by atoms with Crippen LogP contribution in [0.2, 0.25) is 0 Å². The molecule has 2 atom stereocenters. The zero-order valence-electron chi connectivity index (χ0n) is 8.71. The second-order valence-corrected chi connectivity index (χ2v) is 3.48. The molecule has 1 aliphatic heterocycles. The summed E-state index contributed by atoms with van der Waals surface area (Å²) in [5, 5.41) is 3.30. The Morgan fingerprint density at radius 2 is 2.36 bits per heavy atom. The standard InChI is InChI=1S/C9H18N2O2.ClH/c1-3-13-11-9(12)8-4-5-10-7(2)6-8;/h7-8,10H,3-6H2,1-2H3,(H,11,12);1H/t7-,8-;/m0./s1. The van der Waals surface area contributed by atoms with E-state index in [0.717, 1.165) is 19.4 Å². The van der Waals surface area contributed by atoms with E-state index in [-0.39, 0.29) is 24.2 Å². The van der Waals surface area contributed by atoms with E-state index in [9.17, 15) is 4.79 Å². The van der Waals surface area contributed by atoms with Gasteiger partial charge in [0.1, 0.15) is 0 Å². The summed E-state index contributed by atoms with van der Waals surface area (Å²) in [6, 6.07) is 0.436. The molecule has 1 rings (SSSR count). The number of halogens is 1. The Labute approximate surface area is 91.1 Å². The van der Waals surface area contributed by atoms with Crippen LogP contribution in [0.15, 0.2) is 0 Å². The highest BCUT2D eigenvalue weighted by molar-refractivity contribution is 5.85. The molecule has 1 amide bonds. The van der Waals surface area contributed by atoms with E-state index in [1.807, 2.05) is 6.92 Å². The summed E-state index contributed by atoms with van der Waals surface area (Å²) in [7, 11) is 0. The van der Waals surface area contributed by atoms with Gasteiger partial charge in [0, 0.05) is 12.0 Å². The zero-order valence-corrected chi connectivity index (χ0v) is 9.52. The average Bonchev–Trinajstić information content (AvgIpc) is 2.14. The van der Waals surface area contributed by atoms with E-state index in [1.54, 1.807) is 0 Å². The second-order valence-electron chi connectivity index (χ2n) is 3.48. The first kappa shape index (κ1) is 13.7. The van der Waals surface area contributed by atoms with Gasteiger partial charge in [-0.15, -0.1) is 12.4 Å². The van der Waals surface area contributed by atoms with E-state index < -0.39 is 0 Å². The minimum atomic E-state index is 0. The highest BCUT2D eigenvalue weighted by atomic mass is 35.5. The molecule has 0 radical (unpaired) electrons. The molecule has 0 aromatic carbocycles. The minimum Gasteiger partial charge on any atom is -0.314 e. The van der Waals surface area contributed by atoms with Crippen LogP contribution in [0.1, 0.15) is 26.7 Å². The fourth-order valence-electron chi connectivity index (χ4n) is 1.60. The molecule has 2 N–H and O–H groups in total. The minimum absolute atomic E-state index is 0. The monoisotopic (exact) mass is 222 g/mol. The highest BCUT2D eigenvalue weighted by Crippen LogP contribution is 2.15. The largest absolute Gasteiger partial charge is 0.314 e. The van der Waals surface area contributed by atoms with Gasteiger partial charge in [-0.1, -0.05) is 0 Å². The van der Waals surface area contributed by atoms with Gasteiger partial charge < -0.3 is 5.32 Å². The van der Waals surface area contributed by atoms with Gasteiger partial charge in [0.15, 0.2) is 0 Å². The summed E-state index contributed by atoms with van der Waals surface area (Å²) in [6.07, 6.45) is 1.81. The van der Waals surface area contributed by atoms with Gasteiger partial charge in [-0.3, -0.25) is 9.63 Å². The molecular weight excluding hydrogens is 204 g/mol. The molecule has 1 saturated heterocycles. The van der Waals surface area contributed by atoms with Crippen LogP contribution in [-0.4, -0.2) is 25.1 Å². The zero-order chi connectivity index (χ0) is 9.68. The van der Waals surface area contributed by atoms with Gasteiger partial charge in [0.2, 0.25) is 5.91 Å². The molecule has 14 heavy (non-hydrogen) atoms. The third-order valence-electron chi connectivity index (χ3n) is 2.31. The molecule has 1 fully saturated rings. The third-order valence-corrected chi connectivity index (χ3v) is 2.31. The molecule has 1 aliphatic rings. The van der Waals surface area contributed by atoms with E-state index >= 15 is 0 Å². The number of carbonyl (C=O) groups is 1. The first-order valence-electron chi connectivity index (χ1n) is 4.89. The first-order valence-corrected chi connectivity index (χ1v) is 4.89. The van der Waals surface area contributed by atoms with Gasteiger partial charge in [-0.05, 0) is 33.2 Å². The molecular formula is C9H19ClN2O2. The molecule has 0 bridgehead atoms. The molecule has 0 aliphatic carbocycles. The van der Waals surface area contributed by atoms with Crippen LogP contribution in [0.5, 0.6) is 0 Å². The third kappa shape index (κ3) is 4.26. The number of piperidine rings is 1. The molecule has 0 aromatic rings. The summed E-state index contributed by atoms with van der Waals surface area (Å²) < 4.78 is 0. The van der Waals surface area contributed by atoms with Crippen molar-refractivity contribution in [1.82, 2.24) is 10.8 Å². The van der Waals surface area contributed by atoms with E-state index in [1.165, 1.54) is 0 Å². The Kier molecular flexibility index (Phi) is 6.87. The number of rotatable bonds is 3. The van der Waals surface area contributed by atoms with Crippen LogP contribution in [0.25, 0.3) is 0 Å². The molecule has 0 unspecified atom stereocenters. The highest BCUT2D eigenvalue weighted by Gasteiger charge is 2.24. The molecule has 84 valence electrons. The van der Waals surface area contributed by atoms with Gasteiger partial charge in [0.25, 0.3) is 0 Å². The number of carbonyl (C=O) groups excluding carboxylic acids is 1. The van der Waals surface area contributed by atoms with Crippen molar-refractivity contribution in [2.24, 2.45) is 5.92 Å². The van der Waals surface area contributed by atoms with Crippen LogP contribution in [0.3, 0.4) is 0 Å². The summed E-state index contributed by atoms with van der Waals surface area (Å²) in [4.78, 5) is 16.3. The van der Waals surface area contributed by atoms with Gasteiger partial charge in [-0.25, -0.2) is 5.48 Å². The molecule has 1 heterocycles. The smallest absolute Gasteiger partial charge is 0.246 e. The maximum absolute atomic E-state index is 11.4. The Morgan fingerprint density at radius 1 is 1.64 bits per heavy atom. The topological polar surface area (TPSA) is 50.4 Å². The fourth-order valence-corrected chi connectivity index (χ4v) is 1.60. The van der Waals surface area contributed by atoms with Crippen LogP contribution < -0.4 is 10.8 Å². The fraction of sp³-hybridized carbons (Fsp3) is 0.889. The lowest BCUT2D eigenvalue weighted by Gasteiger charge is -2.26. The maximum Gasteiger partial charge on any atom is 0.246 e. The van der Waals surface area contributed by atoms with E-state index in [2.05, 4.69) is 17.7 Å². The summed E-state index contributed by atoms with van der Waals surface area (Å²) in [6.45, 7) is 5.39. The maximum atomic E-state index is 11.4. The van der Waals surface area contributed by atoms with E-state index in [0.29, 0.717) is 12.6 Å². The predicted octanol–water partition coefficient (Wildman–Crippen LogP) is 0.864. The molecule has 5 heteroatoms. The number of amides is 1. The quantitative estimate of drug-likeness (QED) is 0.697. The van der Waals surface area contributed by atoms with Crippen molar-refractivity contribution in [3.63, 3.8) is 0 Å². The van der Waals surface area contributed by atoms with E-state index in [4.69, 9.17) is 4.84 Å². The SMILES string of the molecule is CCONC(=O)[C@H]1CCN[C@@H](C)C1.Cl. The van der Waals surface area contributed by atoms with Gasteiger partial charge in [-0.2, -0.15) is 0 Å². The van der Waals surface area contributed by atoms with Gasteiger partial charge >= 0.3 is 0 Å². The molecule has 0 saturated carbocycles. The van der Waals surface area contributed by atoms with Crippen LogP contribution >= 0.6 is 12.4 Å². The molecule has 0 spiro atoms. The van der Waals surface area contributed by atoms with Crippen molar-refractivity contribution in [2.45, 2.75) is 32.7 Å². The lowest BCUT2D eigenvalue weighted by Crippen LogP contribution is -2.42. The molecule has 0 aromatic heterocycles. The Bertz CT molecular complexity index is 178. The van der Waals surface area contributed by atoms with Crippen molar-refractivity contribution in [3.05, 3.63) is 0 Å². The Hall–Kier alpha value is -0.320. The number of hydrogen-bond donors (Lipinski definition) is 2. The summed E-state index contributed by atoms with van der Waals surface area (Å²) >= 11 is 0. The molecule has 4 nitrogen and oxygen atoms in total. The average molecular weight is 223 g/mol. The van der Waals surface area contributed by atoms with Crippen molar-refractivity contribution < 1.29 is 9.63 Å². The van der Waals surface area contributed by atoms with Crippen LogP contribution in [0.4, 0.5) is 0 Å². The van der Waals surface area contributed by atoms with Crippen molar-refractivity contribution in [1.29, 1.82) is 0 Å². The van der Waals surface area contributed by atoms with Crippen molar-refractivity contribution in [2.75, 3.05) is 13.2 Å². The van der Waals surface area contributed by atoms with Crippen LogP contribution in [0, 0.1) is 5.92 Å². The lowest BCUT2D eigenvalue weighted by atomic mass is 9.93. The number of nitrogens with one attached hydrogen (secondary N) is 2. The normalized spacial score (nSPS) is 26.4.